The van der Waals surface area contributed by atoms with Crippen molar-refractivity contribution in [2.24, 2.45) is 0 Å². The summed E-state index contributed by atoms with van der Waals surface area (Å²) in [6.07, 6.45) is 5.11. The highest BCUT2D eigenvalue weighted by Gasteiger charge is 2.28. The molecule has 0 radical (unpaired) electrons. The molecule has 1 N–H and O–H groups in total. The molecule has 2 rings (SSSR count). The van der Waals surface area contributed by atoms with E-state index >= 15 is 0 Å². The number of hydrogen-bond donors (Lipinski definition) is 1. The molecule has 0 amide bonds. The Balaban J connectivity index is 2.26. The van der Waals surface area contributed by atoms with E-state index in [1.807, 2.05) is 0 Å². The van der Waals surface area contributed by atoms with Crippen molar-refractivity contribution in [2.75, 3.05) is 0 Å². The molecule has 1 saturated carbocycles. The van der Waals surface area contributed by atoms with Gasteiger partial charge in [0.1, 0.15) is 0 Å². The quantitative estimate of drug-likeness (QED) is 0.730. The molecule has 1 heterocycles. The van der Waals surface area contributed by atoms with Gasteiger partial charge in [-0.1, -0.05) is 13.3 Å². The molecule has 0 aliphatic heterocycles. The zero-order valence-electron chi connectivity index (χ0n) is 7.85. The topological polar surface area (TPSA) is 28.7 Å². The Morgan fingerprint density at radius 2 is 2.25 bits per heavy atom. The van der Waals surface area contributed by atoms with Crippen molar-refractivity contribution < 1.29 is 0 Å². The van der Waals surface area contributed by atoms with Crippen molar-refractivity contribution in [3.63, 3.8) is 0 Å². The second kappa shape index (κ2) is 2.92. The molecule has 0 atom stereocenters. The lowest BCUT2D eigenvalue weighted by atomic mass is 10.1. The van der Waals surface area contributed by atoms with Crippen LogP contribution in [0.15, 0.2) is 0 Å². The zero-order valence-corrected chi connectivity index (χ0v) is 7.85. The van der Waals surface area contributed by atoms with Crippen LogP contribution in [0.3, 0.4) is 0 Å². The van der Waals surface area contributed by atoms with Gasteiger partial charge in [0.25, 0.3) is 0 Å². The minimum absolute atomic E-state index is 0.788. The second-order valence-electron chi connectivity index (χ2n) is 3.74. The van der Waals surface area contributed by atoms with E-state index in [0.29, 0.717) is 0 Å². The summed E-state index contributed by atoms with van der Waals surface area (Å²) in [5.74, 6) is 0.788. The lowest BCUT2D eigenvalue weighted by Gasteiger charge is -1.98. The second-order valence-corrected chi connectivity index (χ2v) is 3.74. The van der Waals surface area contributed by atoms with Gasteiger partial charge in [0.05, 0.1) is 5.69 Å². The first kappa shape index (κ1) is 7.84. The Labute approximate surface area is 73.4 Å². The molecule has 0 saturated heterocycles. The fraction of sp³-hybridized carbons (Fsp3) is 0.700. The van der Waals surface area contributed by atoms with Gasteiger partial charge in [-0.05, 0) is 31.7 Å². The minimum Gasteiger partial charge on any atom is -0.282 e. The van der Waals surface area contributed by atoms with Gasteiger partial charge < -0.3 is 0 Å². The first-order valence-electron chi connectivity index (χ1n) is 4.86. The summed E-state index contributed by atoms with van der Waals surface area (Å²) in [5, 5.41) is 7.46. The summed E-state index contributed by atoms with van der Waals surface area (Å²) in [6.45, 7) is 4.35. The van der Waals surface area contributed by atoms with Crippen LogP contribution in [0.5, 0.6) is 0 Å². The third kappa shape index (κ3) is 1.26. The van der Waals surface area contributed by atoms with Crippen LogP contribution in [0.1, 0.15) is 49.1 Å². The summed E-state index contributed by atoms with van der Waals surface area (Å²) in [4.78, 5) is 0. The SMILES string of the molecule is CCCc1c(C2CC2)n[nH]c1C. The highest BCUT2D eigenvalue weighted by molar-refractivity contribution is 5.30. The summed E-state index contributed by atoms with van der Waals surface area (Å²) < 4.78 is 0. The number of hydrogen-bond acceptors (Lipinski definition) is 1. The first-order valence-corrected chi connectivity index (χ1v) is 4.86. The number of nitrogens with one attached hydrogen (secondary N) is 1. The maximum Gasteiger partial charge on any atom is 0.0687 e. The van der Waals surface area contributed by atoms with Gasteiger partial charge in [0.15, 0.2) is 0 Å². The van der Waals surface area contributed by atoms with Gasteiger partial charge in [-0.3, -0.25) is 5.10 Å². The highest BCUT2D eigenvalue weighted by Crippen LogP contribution is 2.41. The van der Waals surface area contributed by atoms with Crippen LogP contribution in [-0.2, 0) is 6.42 Å². The predicted molar refractivity (Wildman–Crippen MR) is 49.3 cm³/mol. The fourth-order valence-corrected chi connectivity index (χ4v) is 1.73. The maximum atomic E-state index is 4.37. The zero-order chi connectivity index (χ0) is 8.55. The van der Waals surface area contributed by atoms with E-state index in [-0.39, 0.29) is 0 Å². The van der Waals surface area contributed by atoms with Crippen LogP contribution in [0.25, 0.3) is 0 Å². The van der Waals surface area contributed by atoms with Gasteiger partial charge in [0, 0.05) is 11.6 Å². The molecule has 66 valence electrons. The Morgan fingerprint density at radius 3 is 2.83 bits per heavy atom. The van der Waals surface area contributed by atoms with Gasteiger partial charge >= 0.3 is 0 Å². The number of aromatic nitrogens is 2. The average molecular weight is 164 g/mol. The molecule has 0 spiro atoms. The Hall–Kier alpha value is -0.790. The number of aromatic amines is 1. The van der Waals surface area contributed by atoms with Gasteiger partial charge in [-0.2, -0.15) is 5.10 Å². The van der Waals surface area contributed by atoms with Crippen molar-refractivity contribution in [3.8, 4) is 0 Å². The van der Waals surface area contributed by atoms with Crippen LogP contribution in [0.2, 0.25) is 0 Å². The summed E-state index contributed by atoms with van der Waals surface area (Å²) >= 11 is 0. The maximum absolute atomic E-state index is 4.37. The molecule has 0 unspecified atom stereocenters. The molecule has 0 bridgehead atoms. The van der Waals surface area contributed by atoms with Crippen LogP contribution >= 0.6 is 0 Å². The molecule has 12 heavy (non-hydrogen) atoms. The van der Waals surface area contributed by atoms with E-state index in [9.17, 15) is 0 Å². The molecular formula is C10H16N2. The van der Waals surface area contributed by atoms with Crippen LogP contribution in [0.4, 0.5) is 0 Å². The van der Waals surface area contributed by atoms with Gasteiger partial charge in [-0.25, -0.2) is 0 Å². The average Bonchev–Trinajstić information content (AvgIpc) is 2.82. The molecule has 1 fully saturated rings. The number of rotatable bonds is 3. The summed E-state index contributed by atoms with van der Waals surface area (Å²) in [5.41, 5.74) is 4.12. The molecule has 1 aliphatic rings. The molecular weight excluding hydrogens is 148 g/mol. The molecule has 2 heteroatoms. The third-order valence-electron chi connectivity index (χ3n) is 2.57. The molecule has 1 aliphatic carbocycles. The Morgan fingerprint density at radius 1 is 1.50 bits per heavy atom. The van der Waals surface area contributed by atoms with Gasteiger partial charge in [0.2, 0.25) is 0 Å². The molecule has 0 aromatic carbocycles. The minimum atomic E-state index is 0.788. The number of aryl methyl sites for hydroxylation is 1. The Kier molecular flexibility index (Phi) is 1.91. The first-order chi connectivity index (χ1) is 5.83. The molecule has 1 aromatic rings. The van der Waals surface area contributed by atoms with E-state index in [1.165, 1.54) is 42.6 Å². The fourth-order valence-electron chi connectivity index (χ4n) is 1.73. The predicted octanol–water partition coefficient (Wildman–Crippen LogP) is 2.55. The largest absolute Gasteiger partial charge is 0.282 e. The summed E-state index contributed by atoms with van der Waals surface area (Å²) in [6, 6.07) is 0. The van der Waals surface area contributed by atoms with Crippen molar-refractivity contribution in [1.82, 2.24) is 10.2 Å². The smallest absolute Gasteiger partial charge is 0.0687 e. The Bertz CT molecular complexity index is 271. The van der Waals surface area contributed by atoms with E-state index < -0.39 is 0 Å². The van der Waals surface area contributed by atoms with Gasteiger partial charge in [-0.15, -0.1) is 0 Å². The van der Waals surface area contributed by atoms with Crippen molar-refractivity contribution in [1.29, 1.82) is 0 Å². The molecule has 1 aromatic heterocycles. The molecule has 2 nitrogen and oxygen atoms in total. The van der Waals surface area contributed by atoms with Crippen molar-refractivity contribution >= 4 is 0 Å². The van der Waals surface area contributed by atoms with E-state index in [2.05, 4.69) is 24.0 Å². The van der Waals surface area contributed by atoms with E-state index in [4.69, 9.17) is 0 Å². The lowest BCUT2D eigenvalue weighted by molar-refractivity contribution is 0.884. The number of H-pyrrole nitrogens is 1. The van der Waals surface area contributed by atoms with Crippen LogP contribution in [-0.4, -0.2) is 10.2 Å². The van der Waals surface area contributed by atoms with Crippen LogP contribution in [0, 0.1) is 6.92 Å². The lowest BCUT2D eigenvalue weighted by Crippen LogP contribution is -1.90. The summed E-state index contributed by atoms with van der Waals surface area (Å²) in [7, 11) is 0. The third-order valence-corrected chi connectivity index (χ3v) is 2.57. The van der Waals surface area contributed by atoms with E-state index in [1.54, 1.807) is 0 Å². The monoisotopic (exact) mass is 164 g/mol. The number of nitrogens with zero attached hydrogens (tertiary/aromatic N) is 1. The van der Waals surface area contributed by atoms with E-state index in [0.717, 1.165) is 5.92 Å². The highest BCUT2D eigenvalue weighted by atomic mass is 15.1. The standard InChI is InChI=1S/C10H16N2/c1-3-4-9-7(2)11-12-10(9)8-5-6-8/h8H,3-6H2,1-2H3,(H,11,12). The van der Waals surface area contributed by atoms with Crippen LogP contribution < -0.4 is 0 Å². The van der Waals surface area contributed by atoms with Crippen molar-refractivity contribution in [3.05, 3.63) is 17.0 Å². The normalized spacial score (nSPS) is 16.8. The van der Waals surface area contributed by atoms with Crippen molar-refractivity contribution in [2.45, 2.75) is 45.4 Å².